The molecule has 2 heterocycles. The molecule has 4 heteroatoms. The third-order valence-electron chi connectivity index (χ3n) is 2.89. The van der Waals surface area contributed by atoms with Crippen molar-refractivity contribution in [2.75, 3.05) is 6.54 Å². The monoisotopic (exact) mass is 221 g/mol. The van der Waals surface area contributed by atoms with Gasteiger partial charge in [0.2, 0.25) is 0 Å². The fraction of sp³-hybridized carbons (Fsp3) is 0.667. The Labute approximate surface area is 95.5 Å². The lowest BCUT2D eigenvalue weighted by Gasteiger charge is -2.19. The zero-order chi connectivity index (χ0) is 11.8. The summed E-state index contributed by atoms with van der Waals surface area (Å²) in [4.78, 5) is 19.0. The molecule has 2 N–H and O–H groups in total. The number of H-pyrrole nitrogens is 1. The second-order valence-electron chi connectivity index (χ2n) is 5.42. The molecule has 1 aromatic rings. The van der Waals surface area contributed by atoms with Crippen molar-refractivity contribution in [3.8, 4) is 0 Å². The number of hydrogen-bond acceptors (Lipinski definition) is 3. The van der Waals surface area contributed by atoms with Gasteiger partial charge < -0.3 is 10.3 Å². The van der Waals surface area contributed by atoms with Crippen molar-refractivity contribution in [3.05, 3.63) is 27.9 Å². The van der Waals surface area contributed by atoms with E-state index in [0.717, 1.165) is 30.9 Å². The third-order valence-corrected chi connectivity index (χ3v) is 2.89. The minimum Gasteiger partial charge on any atom is -0.310 e. The van der Waals surface area contributed by atoms with Crippen molar-refractivity contribution < 1.29 is 0 Å². The Bertz CT molecular complexity index is 425. The van der Waals surface area contributed by atoms with E-state index < -0.39 is 0 Å². The highest BCUT2D eigenvalue weighted by Crippen LogP contribution is 2.23. The van der Waals surface area contributed by atoms with Gasteiger partial charge >= 0.3 is 0 Å². The van der Waals surface area contributed by atoms with E-state index in [9.17, 15) is 4.79 Å². The predicted octanol–water partition coefficient (Wildman–Crippen LogP) is 1.49. The maximum Gasteiger partial charge on any atom is 0.251 e. The van der Waals surface area contributed by atoms with Crippen LogP contribution in [0, 0.1) is 0 Å². The van der Waals surface area contributed by atoms with Gasteiger partial charge in [-0.1, -0.05) is 20.8 Å². The first-order valence-corrected chi connectivity index (χ1v) is 5.82. The Balaban J connectivity index is 2.39. The second-order valence-corrected chi connectivity index (χ2v) is 5.42. The topological polar surface area (TPSA) is 57.8 Å². The number of nitrogens with one attached hydrogen (secondary N) is 2. The molecule has 1 aliphatic heterocycles. The highest BCUT2D eigenvalue weighted by atomic mass is 16.1. The molecule has 0 amide bonds. The van der Waals surface area contributed by atoms with Crippen LogP contribution in [-0.2, 0) is 5.41 Å². The van der Waals surface area contributed by atoms with E-state index in [1.54, 1.807) is 6.07 Å². The van der Waals surface area contributed by atoms with Gasteiger partial charge in [0, 0.05) is 17.5 Å². The molecule has 1 unspecified atom stereocenters. The molecule has 0 aliphatic carbocycles. The SMILES string of the molecule is CC(C)(C)c1nc(C2CCCN2)cc(=O)[nH]1. The van der Waals surface area contributed by atoms with E-state index >= 15 is 0 Å². The Morgan fingerprint density at radius 2 is 2.19 bits per heavy atom. The Hall–Kier alpha value is -1.16. The maximum atomic E-state index is 11.6. The molecule has 88 valence electrons. The highest BCUT2D eigenvalue weighted by molar-refractivity contribution is 5.13. The first-order valence-electron chi connectivity index (χ1n) is 5.82. The van der Waals surface area contributed by atoms with Crippen molar-refractivity contribution in [1.29, 1.82) is 0 Å². The van der Waals surface area contributed by atoms with Crippen LogP contribution in [0.5, 0.6) is 0 Å². The molecule has 1 fully saturated rings. The third kappa shape index (κ3) is 2.32. The van der Waals surface area contributed by atoms with Crippen molar-refractivity contribution in [1.82, 2.24) is 15.3 Å². The van der Waals surface area contributed by atoms with Gasteiger partial charge in [0.1, 0.15) is 5.82 Å². The average Bonchev–Trinajstić information content (AvgIpc) is 2.68. The van der Waals surface area contributed by atoms with Crippen LogP contribution in [0.25, 0.3) is 0 Å². The zero-order valence-electron chi connectivity index (χ0n) is 10.1. The average molecular weight is 221 g/mol. The summed E-state index contributed by atoms with van der Waals surface area (Å²) in [5.41, 5.74) is 0.711. The quantitative estimate of drug-likeness (QED) is 0.755. The summed E-state index contributed by atoms with van der Waals surface area (Å²) in [5.74, 6) is 0.767. The molecule has 1 aromatic heterocycles. The second kappa shape index (κ2) is 4.01. The number of rotatable bonds is 1. The number of hydrogen-bond donors (Lipinski definition) is 2. The van der Waals surface area contributed by atoms with Crippen LogP contribution in [0.4, 0.5) is 0 Å². The fourth-order valence-electron chi connectivity index (χ4n) is 1.95. The molecule has 16 heavy (non-hydrogen) atoms. The molecule has 1 atom stereocenters. The molecule has 0 bridgehead atoms. The van der Waals surface area contributed by atoms with E-state index in [2.05, 4.69) is 36.1 Å². The van der Waals surface area contributed by atoms with Crippen LogP contribution in [-0.4, -0.2) is 16.5 Å². The first kappa shape index (κ1) is 11.3. The molecule has 0 aromatic carbocycles. The normalized spacial score (nSPS) is 21.3. The summed E-state index contributed by atoms with van der Waals surface area (Å²) in [6.07, 6.45) is 2.23. The van der Waals surface area contributed by atoms with E-state index in [0.29, 0.717) is 0 Å². The zero-order valence-corrected chi connectivity index (χ0v) is 10.1. The van der Waals surface area contributed by atoms with Gasteiger partial charge in [0.05, 0.1) is 5.69 Å². The van der Waals surface area contributed by atoms with Gasteiger partial charge in [-0.25, -0.2) is 4.98 Å². The molecular formula is C12H19N3O. The molecule has 0 radical (unpaired) electrons. The Morgan fingerprint density at radius 1 is 1.44 bits per heavy atom. The van der Waals surface area contributed by atoms with Crippen LogP contribution >= 0.6 is 0 Å². The van der Waals surface area contributed by atoms with Crippen molar-refractivity contribution >= 4 is 0 Å². The molecular weight excluding hydrogens is 202 g/mol. The minimum absolute atomic E-state index is 0.0522. The van der Waals surface area contributed by atoms with Crippen LogP contribution in [0.3, 0.4) is 0 Å². The van der Waals surface area contributed by atoms with Crippen molar-refractivity contribution in [2.24, 2.45) is 0 Å². The standard InChI is InChI=1S/C12H19N3O/c1-12(2,3)11-14-9(7-10(16)15-11)8-5-4-6-13-8/h7-8,13H,4-6H2,1-3H3,(H,14,15,16). The molecule has 2 rings (SSSR count). The van der Waals surface area contributed by atoms with E-state index in [4.69, 9.17) is 0 Å². The lowest BCUT2D eigenvalue weighted by atomic mass is 9.95. The first-order chi connectivity index (χ1) is 7.47. The van der Waals surface area contributed by atoms with Gasteiger partial charge in [-0.05, 0) is 19.4 Å². The minimum atomic E-state index is -0.117. The summed E-state index contributed by atoms with van der Waals surface area (Å²) in [7, 11) is 0. The van der Waals surface area contributed by atoms with Gasteiger partial charge in [0.25, 0.3) is 5.56 Å². The summed E-state index contributed by atoms with van der Waals surface area (Å²) < 4.78 is 0. The van der Waals surface area contributed by atoms with E-state index in [-0.39, 0.29) is 17.0 Å². The predicted molar refractivity (Wildman–Crippen MR) is 63.5 cm³/mol. The summed E-state index contributed by atoms with van der Waals surface area (Å²) in [6.45, 7) is 7.18. The summed E-state index contributed by atoms with van der Waals surface area (Å²) in [6, 6.07) is 1.86. The van der Waals surface area contributed by atoms with Crippen molar-refractivity contribution in [3.63, 3.8) is 0 Å². The molecule has 0 spiro atoms. The summed E-state index contributed by atoms with van der Waals surface area (Å²) in [5, 5.41) is 3.36. The fourth-order valence-corrected chi connectivity index (χ4v) is 1.95. The van der Waals surface area contributed by atoms with E-state index in [1.807, 2.05) is 0 Å². The number of aromatic amines is 1. The Kier molecular flexibility index (Phi) is 2.84. The smallest absolute Gasteiger partial charge is 0.251 e. The highest BCUT2D eigenvalue weighted by Gasteiger charge is 2.22. The van der Waals surface area contributed by atoms with Crippen LogP contribution in [0.2, 0.25) is 0 Å². The largest absolute Gasteiger partial charge is 0.310 e. The van der Waals surface area contributed by atoms with Crippen LogP contribution in [0.15, 0.2) is 10.9 Å². The van der Waals surface area contributed by atoms with Crippen LogP contribution in [0.1, 0.15) is 51.2 Å². The maximum absolute atomic E-state index is 11.6. The molecule has 1 saturated heterocycles. The molecule has 4 nitrogen and oxygen atoms in total. The van der Waals surface area contributed by atoms with Gasteiger partial charge in [-0.3, -0.25) is 4.79 Å². The van der Waals surface area contributed by atoms with Crippen LogP contribution < -0.4 is 10.9 Å². The lowest BCUT2D eigenvalue weighted by molar-refractivity contribution is 0.526. The van der Waals surface area contributed by atoms with Gasteiger partial charge in [-0.2, -0.15) is 0 Å². The molecule has 1 aliphatic rings. The molecule has 0 saturated carbocycles. The van der Waals surface area contributed by atoms with E-state index in [1.165, 1.54) is 0 Å². The number of aromatic nitrogens is 2. The lowest BCUT2D eigenvalue weighted by Crippen LogP contribution is -2.25. The summed E-state index contributed by atoms with van der Waals surface area (Å²) >= 11 is 0. The Morgan fingerprint density at radius 3 is 2.75 bits per heavy atom. The van der Waals surface area contributed by atoms with Gasteiger partial charge in [0.15, 0.2) is 0 Å². The van der Waals surface area contributed by atoms with Gasteiger partial charge in [-0.15, -0.1) is 0 Å². The van der Waals surface area contributed by atoms with Crippen molar-refractivity contribution in [2.45, 2.75) is 45.1 Å². The number of nitrogens with zero attached hydrogens (tertiary/aromatic N) is 1.